The minimum Gasteiger partial charge on any atom is -0.466 e. The Morgan fingerprint density at radius 1 is 1.42 bits per heavy atom. The fourth-order valence-electron chi connectivity index (χ4n) is 1.23. The molecular weight excluding hydrogens is 263 g/mol. The molecule has 19 heavy (non-hydrogen) atoms. The van der Waals surface area contributed by atoms with Crippen molar-refractivity contribution in [1.29, 1.82) is 0 Å². The molecule has 0 radical (unpaired) electrons. The van der Waals surface area contributed by atoms with Crippen LogP contribution in [0, 0.1) is 0 Å². The van der Waals surface area contributed by atoms with E-state index >= 15 is 0 Å². The van der Waals surface area contributed by atoms with Gasteiger partial charge in [-0.1, -0.05) is 6.07 Å². The number of alkyl halides is 3. The van der Waals surface area contributed by atoms with Crippen LogP contribution in [0.3, 0.4) is 0 Å². The molecule has 0 fully saturated rings. The minimum atomic E-state index is -4.54. The first-order valence-electron chi connectivity index (χ1n) is 4.93. The van der Waals surface area contributed by atoms with E-state index in [-0.39, 0.29) is 11.3 Å². The second-order valence-corrected chi connectivity index (χ2v) is 3.33. The van der Waals surface area contributed by atoms with Gasteiger partial charge >= 0.3 is 12.1 Å². The molecule has 0 N–H and O–H groups in total. The SMILES string of the molecule is COC(=O)C=Cc1ccc(C(F)(F)F)cc1N=C=O. The first-order valence-corrected chi connectivity index (χ1v) is 4.93. The van der Waals surface area contributed by atoms with E-state index < -0.39 is 17.7 Å². The maximum Gasteiger partial charge on any atom is 0.416 e. The average Bonchev–Trinajstić information content (AvgIpc) is 2.36. The molecule has 0 atom stereocenters. The van der Waals surface area contributed by atoms with E-state index in [0.29, 0.717) is 6.07 Å². The normalized spacial score (nSPS) is 11.2. The van der Waals surface area contributed by atoms with Crippen molar-refractivity contribution in [3.05, 3.63) is 35.4 Å². The van der Waals surface area contributed by atoms with Crippen LogP contribution in [-0.2, 0) is 20.5 Å². The molecule has 0 saturated carbocycles. The van der Waals surface area contributed by atoms with Crippen molar-refractivity contribution in [2.75, 3.05) is 7.11 Å². The van der Waals surface area contributed by atoms with E-state index in [0.717, 1.165) is 31.4 Å². The Morgan fingerprint density at radius 2 is 2.11 bits per heavy atom. The van der Waals surface area contributed by atoms with Gasteiger partial charge in [0.2, 0.25) is 6.08 Å². The number of methoxy groups -OCH3 is 1. The highest BCUT2D eigenvalue weighted by Crippen LogP contribution is 2.33. The maximum absolute atomic E-state index is 12.5. The van der Waals surface area contributed by atoms with Crippen LogP contribution >= 0.6 is 0 Å². The van der Waals surface area contributed by atoms with E-state index in [1.807, 2.05) is 0 Å². The smallest absolute Gasteiger partial charge is 0.416 e. The second-order valence-electron chi connectivity index (χ2n) is 3.33. The largest absolute Gasteiger partial charge is 0.466 e. The summed E-state index contributed by atoms with van der Waals surface area (Å²) in [4.78, 5) is 24.3. The van der Waals surface area contributed by atoms with E-state index in [1.165, 1.54) is 6.08 Å². The van der Waals surface area contributed by atoms with Gasteiger partial charge < -0.3 is 4.74 Å². The van der Waals surface area contributed by atoms with Crippen molar-refractivity contribution in [3.63, 3.8) is 0 Å². The van der Waals surface area contributed by atoms with Gasteiger partial charge in [-0.2, -0.15) is 18.2 Å². The van der Waals surface area contributed by atoms with Crippen molar-refractivity contribution in [1.82, 2.24) is 0 Å². The number of hydrogen-bond donors (Lipinski definition) is 0. The number of carbonyl (C=O) groups is 1. The summed E-state index contributed by atoms with van der Waals surface area (Å²) in [7, 11) is 1.16. The van der Waals surface area contributed by atoms with Gasteiger partial charge in [-0.05, 0) is 18.2 Å². The lowest BCUT2D eigenvalue weighted by molar-refractivity contribution is -0.137. The molecule has 4 nitrogen and oxygen atoms in total. The van der Waals surface area contributed by atoms with E-state index in [1.54, 1.807) is 0 Å². The van der Waals surface area contributed by atoms with Crippen LogP contribution in [-0.4, -0.2) is 19.2 Å². The van der Waals surface area contributed by atoms with Crippen LogP contribution in [0.15, 0.2) is 29.3 Å². The van der Waals surface area contributed by atoms with Crippen molar-refractivity contribution >= 4 is 23.8 Å². The van der Waals surface area contributed by atoms with Crippen LogP contribution in [0.1, 0.15) is 11.1 Å². The number of ether oxygens (including phenoxy) is 1. The molecule has 0 aromatic heterocycles. The average molecular weight is 271 g/mol. The number of rotatable bonds is 3. The number of carbonyl (C=O) groups excluding carboxylic acids is 2. The zero-order valence-electron chi connectivity index (χ0n) is 9.69. The topological polar surface area (TPSA) is 55.7 Å². The molecule has 0 spiro atoms. The third-order valence-electron chi connectivity index (χ3n) is 2.12. The van der Waals surface area contributed by atoms with Gasteiger partial charge in [0.1, 0.15) is 0 Å². The van der Waals surface area contributed by atoms with Crippen LogP contribution in [0.2, 0.25) is 0 Å². The summed E-state index contributed by atoms with van der Waals surface area (Å²) in [6, 6.07) is 2.61. The standard InChI is InChI=1S/C12H8F3NO3/c1-19-11(18)5-3-8-2-4-9(12(13,14)15)6-10(8)16-7-17/h2-6H,1H3. The van der Waals surface area contributed by atoms with Crippen molar-refractivity contribution in [3.8, 4) is 0 Å². The molecule has 1 rings (SSSR count). The van der Waals surface area contributed by atoms with Gasteiger partial charge in [0, 0.05) is 11.6 Å². The molecule has 100 valence electrons. The zero-order valence-corrected chi connectivity index (χ0v) is 9.69. The first kappa shape index (κ1) is 14.7. The van der Waals surface area contributed by atoms with Gasteiger partial charge in [0.25, 0.3) is 0 Å². The predicted molar refractivity (Wildman–Crippen MR) is 60.3 cm³/mol. The van der Waals surface area contributed by atoms with Crippen LogP contribution < -0.4 is 0 Å². The van der Waals surface area contributed by atoms with Gasteiger partial charge in [0.05, 0.1) is 18.4 Å². The Morgan fingerprint density at radius 3 is 2.63 bits per heavy atom. The molecular formula is C12H8F3NO3. The molecule has 1 aromatic rings. The van der Waals surface area contributed by atoms with Crippen LogP contribution in [0.5, 0.6) is 0 Å². The number of isocyanates is 1. The van der Waals surface area contributed by atoms with Crippen molar-refractivity contribution in [2.45, 2.75) is 6.18 Å². The predicted octanol–water partition coefficient (Wildman–Crippen LogP) is 2.86. The Kier molecular flexibility index (Phi) is 4.61. The highest BCUT2D eigenvalue weighted by Gasteiger charge is 2.30. The number of benzene rings is 1. The summed E-state index contributed by atoms with van der Waals surface area (Å²) in [6.45, 7) is 0. The lowest BCUT2D eigenvalue weighted by Gasteiger charge is -2.08. The maximum atomic E-state index is 12.5. The highest BCUT2D eigenvalue weighted by molar-refractivity contribution is 5.88. The third kappa shape index (κ3) is 4.08. The minimum absolute atomic E-state index is 0.168. The van der Waals surface area contributed by atoms with E-state index in [2.05, 4.69) is 9.73 Å². The first-order chi connectivity index (χ1) is 8.88. The number of esters is 1. The van der Waals surface area contributed by atoms with Crippen LogP contribution in [0.4, 0.5) is 18.9 Å². The number of halogens is 3. The molecule has 0 aliphatic carbocycles. The number of hydrogen-bond acceptors (Lipinski definition) is 4. The lowest BCUT2D eigenvalue weighted by Crippen LogP contribution is -2.04. The second kappa shape index (κ2) is 5.97. The summed E-state index contributed by atoms with van der Waals surface area (Å²) in [6.07, 6.45) is -1.18. The Balaban J connectivity index is 3.23. The Bertz CT molecular complexity index is 558. The van der Waals surface area contributed by atoms with Gasteiger partial charge in [-0.3, -0.25) is 0 Å². The van der Waals surface area contributed by atoms with Gasteiger partial charge in [-0.15, -0.1) is 0 Å². The van der Waals surface area contributed by atoms with E-state index in [9.17, 15) is 22.8 Å². The summed E-state index contributed by atoms with van der Waals surface area (Å²) in [5.74, 6) is -0.680. The van der Waals surface area contributed by atoms with Crippen molar-refractivity contribution in [2.24, 2.45) is 4.99 Å². The molecule has 0 aliphatic rings. The lowest BCUT2D eigenvalue weighted by atomic mass is 10.1. The molecule has 0 saturated heterocycles. The Labute approximate surface area is 106 Å². The molecule has 0 amide bonds. The fourth-order valence-corrected chi connectivity index (χ4v) is 1.23. The number of nitrogens with zero attached hydrogens (tertiary/aromatic N) is 1. The molecule has 7 heteroatoms. The molecule has 0 bridgehead atoms. The summed E-state index contributed by atoms with van der Waals surface area (Å²) in [5, 5.41) is 0. The number of aliphatic imine (C=N–C) groups is 1. The quantitative estimate of drug-likeness (QED) is 0.367. The molecule has 0 unspecified atom stereocenters. The Hall–Kier alpha value is -2.40. The highest BCUT2D eigenvalue weighted by atomic mass is 19.4. The molecule has 1 aromatic carbocycles. The van der Waals surface area contributed by atoms with E-state index in [4.69, 9.17) is 0 Å². The van der Waals surface area contributed by atoms with Gasteiger partial charge in [0.15, 0.2) is 0 Å². The van der Waals surface area contributed by atoms with Gasteiger partial charge in [-0.25, -0.2) is 9.59 Å². The summed E-state index contributed by atoms with van der Waals surface area (Å²) >= 11 is 0. The monoisotopic (exact) mass is 271 g/mol. The fraction of sp³-hybridized carbons (Fsp3) is 0.167. The zero-order chi connectivity index (χ0) is 14.5. The summed E-state index contributed by atoms with van der Waals surface area (Å²) in [5.41, 5.74) is -1.01. The van der Waals surface area contributed by atoms with Crippen LogP contribution in [0.25, 0.3) is 6.08 Å². The summed E-state index contributed by atoms with van der Waals surface area (Å²) < 4.78 is 41.8. The molecule has 0 heterocycles. The van der Waals surface area contributed by atoms with Crippen molar-refractivity contribution < 1.29 is 27.5 Å². The third-order valence-corrected chi connectivity index (χ3v) is 2.12. The molecule has 0 aliphatic heterocycles.